The van der Waals surface area contributed by atoms with Gasteiger partial charge in [0.15, 0.2) is 0 Å². The largest absolute Gasteiger partial charge is 0.481 e. The van der Waals surface area contributed by atoms with E-state index in [1.165, 1.54) is 27.5 Å². The number of hydrogen-bond acceptors (Lipinski definition) is 2. The molecule has 28 heavy (non-hydrogen) atoms. The van der Waals surface area contributed by atoms with Crippen LogP contribution in [0, 0.1) is 18.3 Å². The van der Waals surface area contributed by atoms with Crippen molar-refractivity contribution in [3.8, 4) is 0 Å². The summed E-state index contributed by atoms with van der Waals surface area (Å²) in [5, 5.41) is 23.1. The van der Waals surface area contributed by atoms with Crippen molar-refractivity contribution < 1.29 is 15.0 Å². The number of aromatic nitrogens is 1. The van der Waals surface area contributed by atoms with Crippen LogP contribution < -0.4 is 0 Å². The van der Waals surface area contributed by atoms with E-state index in [4.69, 9.17) is 0 Å². The first-order valence-corrected chi connectivity index (χ1v) is 10.2. The Morgan fingerprint density at radius 1 is 1.11 bits per heavy atom. The molecule has 0 bridgehead atoms. The smallest absolute Gasteiger partial charge is 0.312 e. The maximum Gasteiger partial charge on any atom is 0.312 e. The van der Waals surface area contributed by atoms with Crippen molar-refractivity contribution in [2.75, 3.05) is 0 Å². The minimum atomic E-state index is -1.10. The van der Waals surface area contributed by atoms with E-state index in [0.29, 0.717) is 6.42 Å². The monoisotopic (exact) mass is 377 g/mol. The van der Waals surface area contributed by atoms with Gasteiger partial charge in [-0.2, -0.15) is 0 Å². The van der Waals surface area contributed by atoms with Crippen LogP contribution in [0.1, 0.15) is 49.8 Å². The molecule has 1 heterocycles. The second-order valence-corrected chi connectivity index (χ2v) is 9.38. The van der Waals surface area contributed by atoms with E-state index in [1.54, 1.807) is 6.92 Å². The minimum absolute atomic E-state index is 0.0712. The molecule has 1 saturated carbocycles. The van der Waals surface area contributed by atoms with Crippen molar-refractivity contribution in [3.05, 3.63) is 47.0 Å². The standard InChI is InChI=1S/C24H27NO3/c1-13-4-6-18-15(10-13)16-12-17-14(11-19(16)25-18)5-7-20-23(17,2)9-8-21(26)24(20,3)22(27)28/h4,6,10-12,20-21,25-26H,5,7-9H2,1-3H3,(H,27,28). The third kappa shape index (κ3) is 2.12. The average molecular weight is 377 g/mol. The van der Waals surface area contributed by atoms with Gasteiger partial charge in [-0.15, -0.1) is 0 Å². The highest BCUT2D eigenvalue weighted by molar-refractivity contribution is 6.08. The van der Waals surface area contributed by atoms with Crippen LogP contribution in [0.5, 0.6) is 0 Å². The molecule has 3 N–H and O–H groups in total. The Kier molecular flexibility index (Phi) is 3.55. The van der Waals surface area contributed by atoms with E-state index >= 15 is 0 Å². The molecule has 4 heteroatoms. The number of hydrogen-bond donors (Lipinski definition) is 3. The second-order valence-electron chi connectivity index (χ2n) is 9.38. The number of benzene rings is 2. The van der Waals surface area contributed by atoms with Crippen LogP contribution in [-0.4, -0.2) is 27.3 Å². The summed E-state index contributed by atoms with van der Waals surface area (Å²) in [6, 6.07) is 11.0. The molecule has 0 amide bonds. The van der Waals surface area contributed by atoms with Crippen molar-refractivity contribution in [3.63, 3.8) is 0 Å². The van der Waals surface area contributed by atoms with Crippen LogP contribution in [0.3, 0.4) is 0 Å². The predicted molar refractivity (Wildman–Crippen MR) is 111 cm³/mol. The number of H-pyrrole nitrogens is 1. The second kappa shape index (κ2) is 5.60. The Morgan fingerprint density at radius 2 is 1.86 bits per heavy atom. The molecule has 5 rings (SSSR count). The lowest BCUT2D eigenvalue weighted by molar-refractivity contribution is -0.171. The first kappa shape index (κ1) is 17.7. The first-order valence-electron chi connectivity index (χ1n) is 10.2. The Morgan fingerprint density at radius 3 is 2.61 bits per heavy atom. The molecule has 4 atom stereocenters. The molecule has 0 radical (unpaired) electrons. The molecular formula is C24H27NO3. The zero-order valence-corrected chi connectivity index (χ0v) is 16.7. The number of aliphatic hydroxyl groups is 1. The summed E-state index contributed by atoms with van der Waals surface area (Å²) < 4.78 is 0. The predicted octanol–water partition coefficient (Wildman–Crippen LogP) is 4.70. The number of aliphatic carboxylic acids is 1. The number of carbonyl (C=O) groups is 1. The molecule has 146 valence electrons. The molecule has 0 spiro atoms. The fourth-order valence-corrected chi connectivity index (χ4v) is 6.18. The van der Waals surface area contributed by atoms with Crippen molar-refractivity contribution >= 4 is 27.8 Å². The maximum atomic E-state index is 12.2. The Balaban J connectivity index is 1.75. The van der Waals surface area contributed by atoms with E-state index in [1.807, 2.05) is 0 Å². The number of rotatable bonds is 1. The van der Waals surface area contributed by atoms with Crippen LogP contribution in [0.15, 0.2) is 30.3 Å². The summed E-state index contributed by atoms with van der Waals surface area (Å²) in [4.78, 5) is 15.8. The summed E-state index contributed by atoms with van der Waals surface area (Å²) in [6.07, 6.45) is 2.22. The molecule has 2 aliphatic rings. The molecule has 3 aromatic rings. The van der Waals surface area contributed by atoms with Crippen LogP contribution in [0.2, 0.25) is 0 Å². The van der Waals surface area contributed by atoms with Gasteiger partial charge in [-0.05, 0) is 86.3 Å². The Labute approximate surface area is 164 Å². The quantitative estimate of drug-likeness (QED) is 0.576. The first-order chi connectivity index (χ1) is 13.2. The van der Waals surface area contributed by atoms with Gasteiger partial charge in [-0.3, -0.25) is 4.79 Å². The highest BCUT2D eigenvalue weighted by Crippen LogP contribution is 2.57. The van der Waals surface area contributed by atoms with Crippen LogP contribution in [0.25, 0.3) is 21.8 Å². The third-order valence-electron chi connectivity index (χ3n) is 7.88. The number of aromatic amines is 1. The van der Waals surface area contributed by atoms with Gasteiger partial charge in [0, 0.05) is 21.8 Å². The number of carboxylic acid groups (broad SMARTS) is 1. The number of fused-ring (bicyclic) bond motifs is 6. The summed E-state index contributed by atoms with van der Waals surface area (Å²) in [6.45, 7) is 6.07. The highest BCUT2D eigenvalue weighted by Gasteiger charge is 2.59. The lowest BCUT2D eigenvalue weighted by Gasteiger charge is -2.55. The molecule has 4 nitrogen and oxygen atoms in total. The maximum absolute atomic E-state index is 12.2. The van der Waals surface area contributed by atoms with E-state index in [-0.39, 0.29) is 11.3 Å². The number of nitrogens with one attached hydrogen (secondary N) is 1. The van der Waals surface area contributed by atoms with Gasteiger partial charge in [0.1, 0.15) is 0 Å². The van der Waals surface area contributed by atoms with Crippen LogP contribution in [0.4, 0.5) is 0 Å². The van der Waals surface area contributed by atoms with Gasteiger partial charge in [-0.25, -0.2) is 0 Å². The Bertz CT molecular complexity index is 1130. The van der Waals surface area contributed by atoms with Crippen LogP contribution in [-0.2, 0) is 16.6 Å². The normalized spacial score (nSPS) is 32.3. The van der Waals surface area contributed by atoms with Crippen molar-refractivity contribution in [1.82, 2.24) is 4.98 Å². The van der Waals surface area contributed by atoms with Gasteiger partial charge in [-0.1, -0.05) is 18.6 Å². The van der Waals surface area contributed by atoms with Gasteiger partial charge in [0.05, 0.1) is 11.5 Å². The van der Waals surface area contributed by atoms with Crippen molar-refractivity contribution in [2.24, 2.45) is 11.3 Å². The molecule has 4 unspecified atom stereocenters. The van der Waals surface area contributed by atoms with E-state index in [0.717, 1.165) is 30.3 Å². The minimum Gasteiger partial charge on any atom is -0.481 e. The number of aliphatic hydroxyl groups excluding tert-OH is 1. The van der Waals surface area contributed by atoms with Gasteiger partial charge >= 0.3 is 5.97 Å². The summed E-state index contributed by atoms with van der Waals surface area (Å²) >= 11 is 0. The summed E-state index contributed by atoms with van der Waals surface area (Å²) in [7, 11) is 0. The third-order valence-corrected chi connectivity index (χ3v) is 7.88. The molecule has 2 aliphatic carbocycles. The molecule has 0 aliphatic heterocycles. The number of aryl methyl sites for hydroxylation is 2. The van der Waals surface area contributed by atoms with Gasteiger partial charge in [0.25, 0.3) is 0 Å². The van der Waals surface area contributed by atoms with Crippen LogP contribution >= 0.6 is 0 Å². The van der Waals surface area contributed by atoms with Crippen molar-refractivity contribution in [2.45, 2.75) is 58.0 Å². The van der Waals surface area contributed by atoms with E-state index in [2.05, 4.69) is 49.2 Å². The van der Waals surface area contributed by atoms with E-state index in [9.17, 15) is 15.0 Å². The summed E-state index contributed by atoms with van der Waals surface area (Å²) in [5.41, 5.74) is 4.78. The SMILES string of the molecule is Cc1ccc2[nH]c3cc4c(cc3c2c1)C1(C)CCC(O)C(C)(C(=O)O)C1CC4. The number of carboxylic acids is 1. The zero-order chi connectivity index (χ0) is 19.8. The fraction of sp³-hybridized carbons (Fsp3) is 0.458. The van der Waals surface area contributed by atoms with Gasteiger partial charge < -0.3 is 15.2 Å². The highest BCUT2D eigenvalue weighted by atomic mass is 16.4. The molecule has 2 aromatic carbocycles. The molecule has 0 saturated heterocycles. The topological polar surface area (TPSA) is 73.3 Å². The molecule has 1 aromatic heterocycles. The van der Waals surface area contributed by atoms with E-state index < -0.39 is 17.5 Å². The van der Waals surface area contributed by atoms with Crippen molar-refractivity contribution in [1.29, 1.82) is 0 Å². The Hall–Kier alpha value is -2.33. The zero-order valence-electron chi connectivity index (χ0n) is 16.7. The lowest BCUT2D eigenvalue weighted by atomic mass is 9.49. The molecular weight excluding hydrogens is 350 g/mol. The molecule has 1 fully saturated rings. The van der Waals surface area contributed by atoms with Gasteiger partial charge in [0.2, 0.25) is 0 Å². The average Bonchev–Trinajstić information content (AvgIpc) is 3.00. The lowest BCUT2D eigenvalue weighted by Crippen LogP contribution is -2.58. The fourth-order valence-electron chi connectivity index (χ4n) is 6.18. The summed E-state index contributed by atoms with van der Waals surface area (Å²) in [5.74, 6) is -0.943.